The van der Waals surface area contributed by atoms with Crippen LogP contribution in [0, 0.1) is 0 Å². The predicted molar refractivity (Wildman–Crippen MR) is 86.8 cm³/mol. The average Bonchev–Trinajstić information content (AvgIpc) is 2.97. The molecule has 0 aliphatic rings. The van der Waals surface area contributed by atoms with Crippen molar-refractivity contribution in [2.45, 2.75) is 19.1 Å². The number of aliphatic hydroxyl groups is 1. The van der Waals surface area contributed by atoms with Crippen molar-refractivity contribution in [3.05, 3.63) is 36.7 Å². The topological polar surface area (TPSA) is 102 Å². The van der Waals surface area contributed by atoms with E-state index in [-0.39, 0.29) is 0 Å². The Morgan fingerprint density at radius 2 is 2.26 bits per heavy atom. The van der Waals surface area contributed by atoms with Crippen molar-refractivity contribution in [1.82, 2.24) is 15.1 Å². The zero-order valence-corrected chi connectivity index (χ0v) is 13.3. The number of carbonyl (C=O) groups excluding carboxylic acids is 1. The van der Waals surface area contributed by atoms with Gasteiger partial charge < -0.3 is 20.9 Å². The fourth-order valence-electron chi connectivity index (χ4n) is 2.02. The van der Waals surface area contributed by atoms with Gasteiger partial charge in [0.05, 0.1) is 18.8 Å². The Hall–Kier alpha value is -2.38. The van der Waals surface area contributed by atoms with Gasteiger partial charge in [-0.1, -0.05) is 12.1 Å². The van der Waals surface area contributed by atoms with Crippen LogP contribution in [-0.4, -0.2) is 46.1 Å². The van der Waals surface area contributed by atoms with Crippen molar-refractivity contribution in [3.8, 4) is 16.9 Å². The van der Waals surface area contributed by atoms with Crippen LogP contribution in [0.25, 0.3) is 11.1 Å². The summed E-state index contributed by atoms with van der Waals surface area (Å²) in [7, 11) is 1.87. The Bertz CT molecular complexity index is 654. The molecule has 1 amide bonds. The Labute approximate surface area is 135 Å². The predicted octanol–water partition coefficient (Wildman–Crippen LogP) is 0.290. The second-order valence-electron chi connectivity index (χ2n) is 5.34. The number of hydrogen-bond acceptors (Lipinski definition) is 5. The SMILES string of the molecule is C[C@H](O)[C@@H](N)C(=O)NCCOc1cccc(-c2cnn(C)c2)c1. The molecule has 0 saturated heterocycles. The number of amides is 1. The standard InChI is InChI=1S/C16H22N4O3/c1-11(21)15(17)16(22)18-6-7-23-14-5-3-4-12(8-14)13-9-19-20(2)10-13/h3-5,8-11,15,21H,6-7,17H2,1-2H3,(H,18,22)/t11-,15+/m0/s1. The summed E-state index contributed by atoms with van der Waals surface area (Å²) >= 11 is 0. The highest BCUT2D eigenvalue weighted by molar-refractivity contribution is 5.82. The van der Waals surface area contributed by atoms with Crippen LogP contribution in [0.15, 0.2) is 36.7 Å². The second-order valence-corrected chi connectivity index (χ2v) is 5.34. The van der Waals surface area contributed by atoms with E-state index >= 15 is 0 Å². The van der Waals surface area contributed by atoms with Gasteiger partial charge in [-0.2, -0.15) is 5.10 Å². The smallest absolute Gasteiger partial charge is 0.239 e. The fourth-order valence-corrected chi connectivity index (χ4v) is 2.02. The maximum absolute atomic E-state index is 11.6. The lowest BCUT2D eigenvalue weighted by molar-refractivity contribution is -0.124. The number of nitrogens with zero attached hydrogens (tertiary/aromatic N) is 2. The van der Waals surface area contributed by atoms with E-state index in [4.69, 9.17) is 10.5 Å². The molecule has 7 heteroatoms. The van der Waals surface area contributed by atoms with Crippen LogP contribution in [0.2, 0.25) is 0 Å². The van der Waals surface area contributed by atoms with Crippen LogP contribution in [-0.2, 0) is 11.8 Å². The lowest BCUT2D eigenvalue weighted by atomic mass is 10.1. The monoisotopic (exact) mass is 318 g/mol. The number of benzene rings is 1. The van der Waals surface area contributed by atoms with E-state index in [0.29, 0.717) is 18.9 Å². The number of carbonyl (C=O) groups is 1. The Morgan fingerprint density at radius 1 is 1.48 bits per heavy atom. The Balaban J connectivity index is 1.84. The van der Waals surface area contributed by atoms with Gasteiger partial charge in [0.1, 0.15) is 18.4 Å². The van der Waals surface area contributed by atoms with E-state index in [2.05, 4.69) is 10.4 Å². The molecule has 2 atom stereocenters. The number of nitrogens with one attached hydrogen (secondary N) is 1. The third-order valence-electron chi connectivity index (χ3n) is 3.36. The molecular formula is C16H22N4O3. The normalized spacial score (nSPS) is 13.4. The van der Waals surface area contributed by atoms with Crippen LogP contribution in [0.4, 0.5) is 0 Å². The van der Waals surface area contributed by atoms with Crippen LogP contribution in [0.3, 0.4) is 0 Å². The van der Waals surface area contributed by atoms with E-state index < -0.39 is 18.1 Å². The first-order chi connectivity index (χ1) is 11.0. The van der Waals surface area contributed by atoms with Crippen LogP contribution >= 0.6 is 0 Å². The van der Waals surface area contributed by atoms with Gasteiger partial charge in [-0.25, -0.2) is 0 Å². The molecule has 0 saturated carbocycles. The average molecular weight is 318 g/mol. The molecule has 0 bridgehead atoms. The van der Waals surface area contributed by atoms with Gasteiger partial charge in [0.15, 0.2) is 0 Å². The number of ether oxygens (including phenoxy) is 1. The third kappa shape index (κ3) is 4.80. The molecule has 0 aliphatic heterocycles. The minimum Gasteiger partial charge on any atom is -0.492 e. The number of nitrogens with two attached hydrogens (primary N) is 1. The first-order valence-electron chi connectivity index (χ1n) is 7.40. The lowest BCUT2D eigenvalue weighted by Gasteiger charge is -2.14. The summed E-state index contributed by atoms with van der Waals surface area (Å²) in [5, 5.41) is 16.0. The first kappa shape index (κ1) is 17.0. The first-order valence-corrected chi connectivity index (χ1v) is 7.40. The van der Waals surface area contributed by atoms with E-state index in [0.717, 1.165) is 11.1 Å². The summed E-state index contributed by atoms with van der Waals surface area (Å²) < 4.78 is 7.36. The molecule has 7 nitrogen and oxygen atoms in total. The zero-order chi connectivity index (χ0) is 16.8. The molecular weight excluding hydrogens is 296 g/mol. The van der Waals surface area contributed by atoms with Gasteiger partial charge in [-0.05, 0) is 24.6 Å². The molecule has 4 N–H and O–H groups in total. The fraction of sp³-hybridized carbons (Fsp3) is 0.375. The molecule has 124 valence electrons. The summed E-state index contributed by atoms with van der Waals surface area (Å²) in [6.07, 6.45) is 2.83. The van der Waals surface area contributed by atoms with Gasteiger partial charge in [0.25, 0.3) is 0 Å². The van der Waals surface area contributed by atoms with E-state index in [1.165, 1.54) is 6.92 Å². The highest BCUT2D eigenvalue weighted by atomic mass is 16.5. The van der Waals surface area contributed by atoms with E-state index in [9.17, 15) is 9.90 Å². The molecule has 1 aromatic carbocycles. The van der Waals surface area contributed by atoms with Crippen molar-refractivity contribution in [2.24, 2.45) is 12.8 Å². The van der Waals surface area contributed by atoms with Crippen molar-refractivity contribution >= 4 is 5.91 Å². The van der Waals surface area contributed by atoms with E-state index in [1.807, 2.05) is 37.5 Å². The van der Waals surface area contributed by atoms with Gasteiger partial charge >= 0.3 is 0 Å². The zero-order valence-electron chi connectivity index (χ0n) is 13.3. The van der Waals surface area contributed by atoms with Gasteiger partial charge in [0, 0.05) is 18.8 Å². The van der Waals surface area contributed by atoms with Crippen LogP contribution in [0.5, 0.6) is 5.75 Å². The third-order valence-corrected chi connectivity index (χ3v) is 3.36. The molecule has 1 heterocycles. The maximum Gasteiger partial charge on any atom is 0.239 e. The quantitative estimate of drug-likeness (QED) is 0.637. The summed E-state index contributed by atoms with van der Waals surface area (Å²) in [6.45, 7) is 2.11. The maximum atomic E-state index is 11.6. The summed E-state index contributed by atoms with van der Waals surface area (Å²) in [4.78, 5) is 11.6. The minimum atomic E-state index is -0.927. The number of aromatic nitrogens is 2. The molecule has 2 aromatic rings. The molecule has 1 aromatic heterocycles. The van der Waals surface area contributed by atoms with Crippen molar-refractivity contribution in [3.63, 3.8) is 0 Å². The highest BCUT2D eigenvalue weighted by Gasteiger charge is 2.17. The number of rotatable bonds is 7. The molecule has 0 radical (unpaired) electrons. The number of aryl methyl sites for hydroxylation is 1. The van der Waals surface area contributed by atoms with Gasteiger partial charge in [-0.15, -0.1) is 0 Å². The van der Waals surface area contributed by atoms with E-state index in [1.54, 1.807) is 10.9 Å². The molecule has 23 heavy (non-hydrogen) atoms. The van der Waals surface area contributed by atoms with Crippen molar-refractivity contribution in [2.75, 3.05) is 13.2 Å². The minimum absolute atomic E-state index is 0.314. The van der Waals surface area contributed by atoms with Crippen molar-refractivity contribution in [1.29, 1.82) is 0 Å². The highest BCUT2D eigenvalue weighted by Crippen LogP contribution is 2.23. The summed E-state index contributed by atoms with van der Waals surface area (Å²) in [5.41, 5.74) is 7.55. The number of aliphatic hydroxyl groups excluding tert-OH is 1. The van der Waals surface area contributed by atoms with Gasteiger partial charge in [0.2, 0.25) is 5.91 Å². The molecule has 0 aliphatic carbocycles. The number of hydrogen-bond donors (Lipinski definition) is 3. The molecule has 0 fully saturated rings. The Kier molecular flexibility index (Phi) is 5.72. The summed E-state index contributed by atoms with van der Waals surface area (Å²) in [5.74, 6) is 0.313. The van der Waals surface area contributed by atoms with Crippen molar-refractivity contribution < 1.29 is 14.6 Å². The molecule has 0 spiro atoms. The van der Waals surface area contributed by atoms with Crippen LogP contribution < -0.4 is 15.8 Å². The second kappa shape index (κ2) is 7.75. The molecule has 0 unspecified atom stereocenters. The Morgan fingerprint density at radius 3 is 2.91 bits per heavy atom. The lowest BCUT2D eigenvalue weighted by Crippen LogP contribution is -2.48. The van der Waals surface area contributed by atoms with Gasteiger partial charge in [-0.3, -0.25) is 9.48 Å². The molecule has 2 rings (SSSR count). The van der Waals surface area contributed by atoms with Crippen LogP contribution in [0.1, 0.15) is 6.92 Å². The largest absolute Gasteiger partial charge is 0.492 e. The summed E-state index contributed by atoms with van der Waals surface area (Å²) in [6, 6.07) is 6.72.